The lowest BCUT2D eigenvalue weighted by molar-refractivity contribution is 0.0146. The summed E-state index contributed by atoms with van der Waals surface area (Å²) in [7, 11) is 0. The highest BCUT2D eigenvalue weighted by molar-refractivity contribution is 9.10. The third-order valence-electron chi connectivity index (χ3n) is 14.6. The van der Waals surface area contributed by atoms with Gasteiger partial charge < -0.3 is 24.6 Å². The summed E-state index contributed by atoms with van der Waals surface area (Å²) in [4.78, 5) is 47.8. The maximum absolute atomic E-state index is 12.2. The predicted octanol–water partition coefficient (Wildman–Crippen LogP) is 10.5. The summed E-state index contributed by atoms with van der Waals surface area (Å²) < 4.78 is 11.9. The zero-order valence-electron chi connectivity index (χ0n) is 48.2. The van der Waals surface area contributed by atoms with Gasteiger partial charge in [-0.25, -0.2) is 9.59 Å². The zero-order valence-corrected chi connectivity index (χ0v) is 50.6. The highest BCUT2D eigenvalue weighted by Crippen LogP contribution is 2.40. The molecule has 0 spiro atoms. The number of rotatable bonds is 3. The van der Waals surface area contributed by atoms with Gasteiger partial charge in [0.05, 0.1) is 36.7 Å². The standard InChI is InChI=1S/C24H27N3O2.C19H19N3.C12H8BrN.C12H20N2O2.ClH/c1-24(2,3)29-23(28)27-15-13-26(14-16-27)12-6-8-18-10-11-25-21-17-19-7-4-5-9-20(19)22(18)21;1-2-6-17-16(4-1)14-18-19(17)15(7-8-21-18)5-3-11-22-12-9-20-10-13-22;13-10-5-6-14-11-7-8-3-1-2-4-9(8)12(10)11;1-5-6-13-7-9-14(10-8-13)11(15)16-12(2,3)4;/h4-5,7,9-11H,12-17H2,1-3H3;1-2,4,6-8,20H,9-14H2;1-6H,7H2;1H,6-10H2,2-4H3;1H. The van der Waals surface area contributed by atoms with Crippen molar-refractivity contribution in [2.24, 2.45) is 0 Å². The van der Waals surface area contributed by atoms with Crippen LogP contribution in [0.1, 0.15) is 86.4 Å². The number of hydrogen-bond donors (Lipinski definition) is 1. The Kier molecular flexibility index (Phi) is 21.0. The number of nitrogens with zero attached hydrogens (tertiary/aromatic N) is 8. The second-order valence-electron chi connectivity index (χ2n) is 22.8. The summed E-state index contributed by atoms with van der Waals surface area (Å²) >= 11 is 3.58. The number of fused-ring (bicyclic) bond motifs is 9. The molecule has 6 aromatic rings. The van der Waals surface area contributed by atoms with E-state index < -0.39 is 11.2 Å². The van der Waals surface area contributed by atoms with E-state index in [1.807, 2.05) is 78.3 Å². The Morgan fingerprint density at radius 1 is 0.524 bits per heavy atom. The molecule has 3 aliphatic heterocycles. The van der Waals surface area contributed by atoms with Gasteiger partial charge in [-0.1, -0.05) is 118 Å². The van der Waals surface area contributed by atoms with E-state index in [2.05, 4.69) is 153 Å². The Balaban J connectivity index is 0.000000148. The van der Waals surface area contributed by atoms with Gasteiger partial charge in [-0.15, -0.1) is 18.8 Å². The van der Waals surface area contributed by atoms with Gasteiger partial charge in [-0.2, -0.15) is 0 Å². The van der Waals surface area contributed by atoms with Crippen LogP contribution in [-0.2, 0) is 28.7 Å². The van der Waals surface area contributed by atoms with E-state index in [1.54, 1.807) is 9.80 Å². The van der Waals surface area contributed by atoms with Crippen molar-refractivity contribution >= 4 is 40.5 Å². The molecule has 3 aromatic heterocycles. The number of carbonyl (C=O) groups excluding carboxylic acids is 2. The van der Waals surface area contributed by atoms with Crippen LogP contribution in [0.15, 0.2) is 114 Å². The fraction of sp³-hybridized carbons (Fsp3) is 0.388. The maximum Gasteiger partial charge on any atom is 0.410 e. The fourth-order valence-electron chi connectivity index (χ4n) is 10.6. The normalized spacial score (nSPS) is 15.7. The average molecular weight is 1190 g/mol. The van der Waals surface area contributed by atoms with Gasteiger partial charge in [0.2, 0.25) is 0 Å². The molecular weight excluding hydrogens is 1110 g/mol. The van der Waals surface area contributed by atoms with Crippen LogP contribution in [0, 0.1) is 36.0 Å². The molecule has 426 valence electrons. The lowest BCUT2D eigenvalue weighted by Crippen LogP contribution is -2.50. The summed E-state index contributed by atoms with van der Waals surface area (Å²) in [6, 6.07) is 31.6. The number of benzene rings is 3. The van der Waals surface area contributed by atoms with E-state index in [-0.39, 0.29) is 24.6 Å². The number of amides is 2. The minimum absolute atomic E-state index is 0. The third-order valence-corrected chi connectivity index (χ3v) is 15.3. The van der Waals surface area contributed by atoms with Gasteiger partial charge >= 0.3 is 12.2 Å². The first-order chi connectivity index (χ1) is 39.1. The van der Waals surface area contributed by atoms with Crippen molar-refractivity contribution in [3.05, 3.63) is 159 Å². The Bertz CT molecular complexity index is 3380. The Morgan fingerprint density at radius 2 is 0.890 bits per heavy atom. The number of halogens is 2. The second-order valence-corrected chi connectivity index (χ2v) is 23.7. The molecule has 0 bridgehead atoms. The Morgan fingerprint density at radius 3 is 1.30 bits per heavy atom. The minimum Gasteiger partial charge on any atom is -0.444 e. The van der Waals surface area contributed by atoms with E-state index in [0.29, 0.717) is 39.3 Å². The largest absolute Gasteiger partial charge is 0.444 e. The molecule has 0 atom stereocenters. The van der Waals surface area contributed by atoms with Crippen molar-refractivity contribution in [1.29, 1.82) is 0 Å². The summed E-state index contributed by atoms with van der Waals surface area (Å²) in [5.41, 5.74) is 16.4. The van der Waals surface area contributed by atoms with Gasteiger partial charge in [-0.05, 0) is 93.1 Å². The minimum atomic E-state index is -0.455. The molecule has 3 fully saturated rings. The first-order valence-corrected chi connectivity index (χ1v) is 29.0. The monoisotopic (exact) mass is 1180 g/mol. The molecule has 6 aliphatic rings. The Labute approximate surface area is 500 Å². The molecule has 3 aliphatic carbocycles. The molecular formula is C67H75BrClN9O4. The number of aromatic nitrogens is 3. The number of ether oxygens (including phenoxy) is 2. The van der Waals surface area contributed by atoms with Crippen LogP contribution in [-0.4, -0.2) is 161 Å². The molecule has 0 saturated carbocycles. The Hall–Kier alpha value is -7.06. The second kappa shape index (κ2) is 28.3. The van der Waals surface area contributed by atoms with E-state index >= 15 is 0 Å². The van der Waals surface area contributed by atoms with Crippen LogP contribution >= 0.6 is 28.3 Å². The van der Waals surface area contributed by atoms with Crippen molar-refractivity contribution in [3.8, 4) is 69.4 Å². The zero-order chi connectivity index (χ0) is 56.9. The van der Waals surface area contributed by atoms with E-state index in [1.165, 1.54) is 55.8 Å². The molecule has 0 radical (unpaired) electrons. The molecule has 12 rings (SSSR count). The number of pyridine rings is 3. The fourth-order valence-corrected chi connectivity index (χ4v) is 11.2. The van der Waals surface area contributed by atoms with E-state index in [9.17, 15) is 9.59 Å². The van der Waals surface area contributed by atoms with Gasteiger partial charge in [-0.3, -0.25) is 29.7 Å². The van der Waals surface area contributed by atoms with Crippen molar-refractivity contribution in [2.75, 3.05) is 98.2 Å². The van der Waals surface area contributed by atoms with Gasteiger partial charge in [0.15, 0.2) is 0 Å². The summed E-state index contributed by atoms with van der Waals surface area (Å²) in [6.07, 6.45) is 13.2. The molecule has 1 N–H and O–H groups in total. The summed E-state index contributed by atoms with van der Waals surface area (Å²) in [5, 5.41) is 3.37. The molecule has 0 unspecified atom stereocenters. The molecule has 13 nitrogen and oxygen atoms in total. The van der Waals surface area contributed by atoms with Crippen molar-refractivity contribution in [1.82, 2.24) is 44.8 Å². The quantitative estimate of drug-likeness (QED) is 0.170. The highest BCUT2D eigenvalue weighted by atomic mass is 79.9. The van der Waals surface area contributed by atoms with Crippen molar-refractivity contribution < 1.29 is 19.1 Å². The number of terminal acetylenes is 1. The molecule has 6 heterocycles. The van der Waals surface area contributed by atoms with E-state index in [0.717, 1.165) is 105 Å². The van der Waals surface area contributed by atoms with Gasteiger partial charge in [0.25, 0.3) is 0 Å². The number of piperazine rings is 3. The molecule has 15 heteroatoms. The lowest BCUT2D eigenvalue weighted by Gasteiger charge is -2.34. The SMILES string of the molecule is Brc1ccnc2c1-c1ccccc1C2.C#CCN1CCN(C(=O)OC(C)(C)C)CC1.C(#Cc1ccnc2c1-c1ccccc1C2)CN1CCNCC1.CC(C)(C)OC(=O)N1CCN(CC#Cc2ccnc3c2-c2ccccc2C3)CC1.Cl. The number of nitrogens with one attached hydrogen (secondary N) is 1. The number of carbonyl (C=O) groups is 2. The van der Waals surface area contributed by atoms with Gasteiger partial charge in [0.1, 0.15) is 11.2 Å². The van der Waals surface area contributed by atoms with E-state index in [4.69, 9.17) is 15.9 Å². The predicted molar refractivity (Wildman–Crippen MR) is 333 cm³/mol. The van der Waals surface area contributed by atoms with Crippen LogP contribution in [0.4, 0.5) is 9.59 Å². The smallest absolute Gasteiger partial charge is 0.410 e. The maximum atomic E-state index is 12.2. The topological polar surface area (TPSA) is 119 Å². The number of hydrogen-bond acceptors (Lipinski definition) is 11. The first-order valence-electron chi connectivity index (χ1n) is 28.2. The van der Waals surface area contributed by atoms with Crippen LogP contribution in [0.25, 0.3) is 33.4 Å². The van der Waals surface area contributed by atoms with Gasteiger partial charge in [0, 0.05) is 149 Å². The first kappa shape index (κ1) is 61.0. The van der Waals surface area contributed by atoms with Crippen LogP contribution in [0.2, 0.25) is 0 Å². The molecule has 2 amide bonds. The average Bonchev–Trinajstić information content (AvgIpc) is 4.35. The van der Waals surface area contributed by atoms with Crippen LogP contribution in [0.3, 0.4) is 0 Å². The highest BCUT2D eigenvalue weighted by Gasteiger charge is 2.28. The third kappa shape index (κ3) is 16.1. The summed E-state index contributed by atoms with van der Waals surface area (Å²) in [6.45, 7) is 23.8. The van der Waals surface area contributed by atoms with Crippen LogP contribution < -0.4 is 5.32 Å². The molecule has 3 saturated heterocycles. The molecule has 3 aromatic carbocycles. The van der Waals surface area contributed by atoms with Crippen LogP contribution in [0.5, 0.6) is 0 Å². The summed E-state index contributed by atoms with van der Waals surface area (Å²) in [5.74, 6) is 16.0. The lowest BCUT2D eigenvalue weighted by atomic mass is 10.0. The molecule has 82 heavy (non-hydrogen) atoms. The van der Waals surface area contributed by atoms with Crippen molar-refractivity contribution in [3.63, 3.8) is 0 Å². The van der Waals surface area contributed by atoms with Crippen molar-refractivity contribution in [2.45, 2.75) is 72.0 Å².